The standard InChI is InChI=1S/C23H43NO4/c1-11-19(25)24-13-12-14-27-18(22(5,6)7)15-17(16-21(2,3)4)20(26)28-23(8,9)10/h11,17-18H,1,12-16H2,2-10H3,(H,24,25). The second kappa shape index (κ2) is 11.0. The van der Waals surface area contributed by atoms with Crippen LogP contribution in [0.15, 0.2) is 12.7 Å². The van der Waals surface area contributed by atoms with Gasteiger partial charge in [-0.2, -0.15) is 0 Å². The van der Waals surface area contributed by atoms with Gasteiger partial charge in [-0.1, -0.05) is 48.1 Å². The van der Waals surface area contributed by atoms with Gasteiger partial charge in [0.15, 0.2) is 0 Å². The molecule has 0 aromatic heterocycles. The minimum atomic E-state index is -0.505. The van der Waals surface area contributed by atoms with E-state index >= 15 is 0 Å². The third-order valence-electron chi connectivity index (χ3n) is 4.19. The summed E-state index contributed by atoms with van der Waals surface area (Å²) in [5.74, 6) is -0.551. The zero-order chi connectivity index (χ0) is 22.2. The molecule has 164 valence electrons. The molecule has 2 atom stereocenters. The molecular formula is C23H43NO4. The molecule has 0 bridgehead atoms. The number of hydrogen-bond acceptors (Lipinski definition) is 4. The van der Waals surface area contributed by atoms with Crippen molar-refractivity contribution in [2.45, 2.75) is 93.3 Å². The van der Waals surface area contributed by atoms with Crippen LogP contribution in [0, 0.1) is 16.7 Å². The van der Waals surface area contributed by atoms with Crippen LogP contribution in [0.25, 0.3) is 0 Å². The van der Waals surface area contributed by atoms with Crippen LogP contribution >= 0.6 is 0 Å². The topological polar surface area (TPSA) is 64.6 Å². The number of nitrogens with one attached hydrogen (secondary N) is 1. The quantitative estimate of drug-likeness (QED) is 0.324. The van der Waals surface area contributed by atoms with E-state index < -0.39 is 5.60 Å². The molecule has 0 aliphatic rings. The molecule has 0 radical (unpaired) electrons. The van der Waals surface area contributed by atoms with E-state index in [0.29, 0.717) is 26.0 Å². The third-order valence-corrected chi connectivity index (χ3v) is 4.19. The van der Waals surface area contributed by atoms with Crippen LogP contribution in [-0.4, -0.2) is 36.7 Å². The summed E-state index contributed by atoms with van der Waals surface area (Å²) >= 11 is 0. The molecule has 0 rings (SSSR count). The van der Waals surface area contributed by atoms with E-state index in [9.17, 15) is 9.59 Å². The largest absolute Gasteiger partial charge is 0.460 e. The fourth-order valence-corrected chi connectivity index (χ4v) is 2.90. The molecular weight excluding hydrogens is 354 g/mol. The first kappa shape index (κ1) is 26.6. The van der Waals surface area contributed by atoms with Gasteiger partial charge in [0.2, 0.25) is 5.91 Å². The van der Waals surface area contributed by atoms with Crippen LogP contribution in [0.5, 0.6) is 0 Å². The molecule has 2 unspecified atom stereocenters. The van der Waals surface area contributed by atoms with Crippen LogP contribution < -0.4 is 5.32 Å². The van der Waals surface area contributed by atoms with Gasteiger partial charge >= 0.3 is 5.97 Å². The van der Waals surface area contributed by atoms with Crippen molar-refractivity contribution in [2.75, 3.05) is 13.2 Å². The Bertz CT molecular complexity index is 506. The number of esters is 1. The molecule has 0 fully saturated rings. The van der Waals surface area contributed by atoms with Crippen molar-refractivity contribution in [3.05, 3.63) is 12.7 Å². The molecule has 0 saturated heterocycles. The molecule has 0 aromatic rings. The number of carbonyl (C=O) groups is 2. The van der Waals surface area contributed by atoms with Gasteiger partial charge in [-0.05, 0) is 56.9 Å². The first-order valence-electron chi connectivity index (χ1n) is 10.3. The maximum Gasteiger partial charge on any atom is 0.309 e. The Kier molecular flexibility index (Phi) is 10.5. The predicted octanol–water partition coefficient (Wildman–Crippen LogP) is 4.89. The van der Waals surface area contributed by atoms with E-state index in [0.717, 1.165) is 6.42 Å². The zero-order valence-corrected chi connectivity index (χ0v) is 19.6. The lowest BCUT2D eigenvalue weighted by atomic mass is 9.77. The molecule has 0 aliphatic carbocycles. The summed E-state index contributed by atoms with van der Waals surface area (Å²) in [6, 6.07) is 0. The van der Waals surface area contributed by atoms with Crippen molar-refractivity contribution in [3.8, 4) is 0 Å². The SMILES string of the molecule is C=CC(=O)NCCCOC(CC(CC(C)(C)C)C(=O)OC(C)(C)C)C(C)(C)C. The summed E-state index contributed by atoms with van der Waals surface area (Å²) in [5, 5.41) is 2.75. The molecule has 0 saturated carbocycles. The Labute approximate surface area is 172 Å². The molecule has 1 amide bonds. The van der Waals surface area contributed by atoms with Gasteiger partial charge in [-0.15, -0.1) is 0 Å². The average Bonchev–Trinajstić information content (AvgIpc) is 2.48. The number of rotatable bonds is 10. The molecule has 28 heavy (non-hydrogen) atoms. The van der Waals surface area contributed by atoms with Crippen LogP contribution in [0.2, 0.25) is 0 Å². The van der Waals surface area contributed by atoms with Crippen LogP contribution in [0.1, 0.15) is 81.6 Å². The monoisotopic (exact) mass is 397 g/mol. The number of carbonyl (C=O) groups excluding carboxylic acids is 2. The molecule has 0 spiro atoms. The van der Waals surface area contributed by atoms with E-state index in [2.05, 4.69) is 53.4 Å². The minimum absolute atomic E-state index is 0.0129. The van der Waals surface area contributed by atoms with Crippen molar-refractivity contribution in [3.63, 3.8) is 0 Å². The third kappa shape index (κ3) is 12.9. The lowest BCUT2D eigenvalue weighted by Gasteiger charge is -2.35. The highest BCUT2D eigenvalue weighted by molar-refractivity contribution is 5.86. The van der Waals surface area contributed by atoms with E-state index in [1.165, 1.54) is 6.08 Å². The predicted molar refractivity (Wildman–Crippen MR) is 115 cm³/mol. The highest BCUT2D eigenvalue weighted by Gasteiger charge is 2.35. The summed E-state index contributed by atoms with van der Waals surface area (Å²) < 4.78 is 11.9. The van der Waals surface area contributed by atoms with Crippen molar-refractivity contribution in [1.82, 2.24) is 5.32 Å². The first-order valence-corrected chi connectivity index (χ1v) is 10.3. The Morgan fingerprint density at radius 3 is 2.04 bits per heavy atom. The van der Waals surface area contributed by atoms with Gasteiger partial charge in [0.25, 0.3) is 0 Å². The molecule has 0 heterocycles. The second-order valence-electron chi connectivity index (χ2n) is 10.8. The van der Waals surface area contributed by atoms with Gasteiger partial charge in [0.1, 0.15) is 5.60 Å². The van der Waals surface area contributed by atoms with Crippen molar-refractivity contribution >= 4 is 11.9 Å². The first-order chi connectivity index (χ1) is 12.5. The lowest BCUT2D eigenvalue weighted by Crippen LogP contribution is -2.38. The lowest BCUT2D eigenvalue weighted by molar-refractivity contribution is -0.163. The Morgan fingerprint density at radius 2 is 1.61 bits per heavy atom. The zero-order valence-electron chi connectivity index (χ0n) is 19.6. The number of hydrogen-bond donors (Lipinski definition) is 1. The summed E-state index contributed by atoms with van der Waals surface area (Å²) in [4.78, 5) is 24.1. The van der Waals surface area contributed by atoms with Crippen LogP contribution in [0.3, 0.4) is 0 Å². The molecule has 1 N–H and O–H groups in total. The Hall–Kier alpha value is -1.36. The number of ether oxygens (including phenoxy) is 2. The highest BCUT2D eigenvalue weighted by Crippen LogP contribution is 2.34. The van der Waals surface area contributed by atoms with Crippen LogP contribution in [-0.2, 0) is 19.1 Å². The maximum absolute atomic E-state index is 12.8. The molecule has 0 aliphatic heterocycles. The Balaban J connectivity index is 5.05. The van der Waals surface area contributed by atoms with Gasteiger partial charge in [0, 0.05) is 13.2 Å². The van der Waals surface area contributed by atoms with Crippen molar-refractivity contribution in [2.24, 2.45) is 16.7 Å². The van der Waals surface area contributed by atoms with E-state index in [1.807, 2.05) is 20.8 Å². The average molecular weight is 398 g/mol. The summed E-state index contributed by atoms with van der Waals surface area (Å²) in [6.45, 7) is 23.0. The van der Waals surface area contributed by atoms with Gasteiger partial charge < -0.3 is 14.8 Å². The second-order valence-corrected chi connectivity index (χ2v) is 10.8. The van der Waals surface area contributed by atoms with Gasteiger partial charge in [-0.3, -0.25) is 9.59 Å². The molecule has 5 nitrogen and oxygen atoms in total. The van der Waals surface area contributed by atoms with E-state index in [-0.39, 0.29) is 34.7 Å². The van der Waals surface area contributed by atoms with Gasteiger partial charge in [-0.25, -0.2) is 0 Å². The van der Waals surface area contributed by atoms with Crippen LogP contribution in [0.4, 0.5) is 0 Å². The van der Waals surface area contributed by atoms with E-state index in [1.54, 1.807) is 0 Å². The van der Waals surface area contributed by atoms with Gasteiger partial charge in [0.05, 0.1) is 12.0 Å². The summed E-state index contributed by atoms with van der Waals surface area (Å²) in [6.07, 6.45) is 3.25. The fraction of sp³-hybridized carbons (Fsp3) is 0.826. The fourth-order valence-electron chi connectivity index (χ4n) is 2.90. The minimum Gasteiger partial charge on any atom is -0.460 e. The van der Waals surface area contributed by atoms with E-state index in [4.69, 9.17) is 9.47 Å². The normalized spacial score (nSPS) is 14.9. The number of amides is 1. The van der Waals surface area contributed by atoms with Crippen molar-refractivity contribution < 1.29 is 19.1 Å². The highest BCUT2D eigenvalue weighted by atomic mass is 16.6. The summed E-state index contributed by atoms with van der Waals surface area (Å²) in [7, 11) is 0. The Morgan fingerprint density at radius 1 is 1.04 bits per heavy atom. The molecule has 5 heteroatoms. The molecule has 0 aromatic carbocycles. The van der Waals surface area contributed by atoms with Crippen molar-refractivity contribution in [1.29, 1.82) is 0 Å². The smallest absolute Gasteiger partial charge is 0.309 e. The maximum atomic E-state index is 12.8. The summed E-state index contributed by atoms with van der Waals surface area (Å²) in [5.41, 5.74) is -0.601.